The maximum Gasteiger partial charge on any atom is 0.505 e. The number of hydrogen-bond donors (Lipinski definition) is 1. The highest BCUT2D eigenvalue weighted by Crippen LogP contribution is 1.99. The smallest absolute Gasteiger partial charge is 0.450 e. The molecule has 1 unspecified atom stereocenters. The molecule has 0 aromatic rings. The molecule has 0 aliphatic carbocycles. The highest BCUT2D eigenvalue weighted by Gasteiger charge is 2.11. The van der Waals surface area contributed by atoms with Crippen LogP contribution in [-0.4, -0.2) is 23.7 Å². The summed E-state index contributed by atoms with van der Waals surface area (Å²) in [5.74, 6) is -0.674. The molecule has 0 bridgehead atoms. The predicted octanol–water partition coefficient (Wildman–Crippen LogP) is 1.07. The Bertz CT molecular complexity index is 173. The van der Waals surface area contributed by atoms with Gasteiger partial charge in [0.2, 0.25) is 0 Å². The van der Waals surface area contributed by atoms with Crippen LogP contribution in [0.4, 0.5) is 4.79 Å². The number of hydrogen-bond acceptors (Lipinski definition) is 3. The highest BCUT2D eigenvalue weighted by molar-refractivity contribution is 5.80. The molecule has 0 aliphatic rings. The molecule has 0 rings (SSSR count). The van der Waals surface area contributed by atoms with E-state index in [2.05, 4.69) is 11.3 Å². The third-order valence-corrected chi connectivity index (χ3v) is 1.19. The Hall–Kier alpha value is -1.32. The van der Waals surface area contributed by atoms with Crippen LogP contribution in [0.15, 0.2) is 12.7 Å². The number of carboxylic acid groups (broad SMARTS) is 1. The first kappa shape index (κ1) is 9.68. The first-order valence-electron chi connectivity index (χ1n) is 3.06. The van der Waals surface area contributed by atoms with Crippen molar-refractivity contribution < 1.29 is 19.4 Å². The zero-order valence-electron chi connectivity index (χ0n) is 6.24. The molecule has 0 radical (unpaired) electrons. The molecule has 4 nitrogen and oxygen atoms in total. The third-order valence-electron chi connectivity index (χ3n) is 1.19. The van der Waals surface area contributed by atoms with E-state index >= 15 is 0 Å². The number of ether oxygens (including phenoxy) is 1. The maximum absolute atomic E-state index is 10.6. The zero-order valence-corrected chi connectivity index (χ0v) is 6.24. The molecule has 0 spiro atoms. The summed E-state index contributed by atoms with van der Waals surface area (Å²) in [5.41, 5.74) is 0. The monoisotopic (exact) mass is 158 g/mol. The second-order valence-corrected chi connectivity index (χ2v) is 2.03. The Kier molecular flexibility index (Phi) is 3.95. The minimum atomic E-state index is -1.38. The summed E-state index contributed by atoms with van der Waals surface area (Å²) in [6.07, 6.45) is -0.0104. The van der Waals surface area contributed by atoms with E-state index in [0.29, 0.717) is 0 Å². The van der Waals surface area contributed by atoms with Crippen LogP contribution in [0, 0.1) is 5.92 Å². The Morgan fingerprint density at radius 2 is 2.27 bits per heavy atom. The largest absolute Gasteiger partial charge is 0.505 e. The predicted molar refractivity (Wildman–Crippen MR) is 38.3 cm³/mol. The maximum atomic E-state index is 10.6. The van der Waals surface area contributed by atoms with Crippen molar-refractivity contribution >= 4 is 11.9 Å². The van der Waals surface area contributed by atoms with Crippen LogP contribution in [0.2, 0.25) is 0 Å². The van der Waals surface area contributed by atoms with Crippen LogP contribution in [0.3, 0.4) is 0 Å². The standard InChI is InChI=1S/C7H10O4/c1-3-6(5(2)8)4-11-7(9)10/h3,6H,1,4H2,2H3,(H,9,10). The molecule has 0 fully saturated rings. The molecule has 0 saturated heterocycles. The van der Waals surface area contributed by atoms with Crippen LogP contribution < -0.4 is 0 Å². The van der Waals surface area contributed by atoms with Crippen molar-refractivity contribution in [2.75, 3.05) is 6.61 Å². The fraction of sp³-hybridized carbons (Fsp3) is 0.429. The van der Waals surface area contributed by atoms with Gasteiger partial charge in [0.1, 0.15) is 12.4 Å². The normalized spacial score (nSPS) is 11.7. The van der Waals surface area contributed by atoms with Crippen molar-refractivity contribution in [1.82, 2.24) is 0 Å². The molecule has 62 valence electrons. The van der Waals surface area contributed by atoms with Gasteiger partial charge in [-0.15, -0.1) is 6.58 Å². The van der Waals surface area contributed by atoms with Gasteiger partial charge in [0, 0.05) is 0 Å². The topological polar surface area (TPSA) is 63.6 Å². The molecule has 0 aromatic carbocycles. The lowest BCUT2D eigenvalue weighted by molar-refractivity contribution is -0.120. The van der Waals surface area contributed by atoms with Gasteiger partial charge in [0.25, 0.3) is 0 Å². The summed E-state index contributed by atoms with van der Waals surface area (Å²) >= 11 is 0. The van der Waals surface area contributed by atoms with E-state index in [-0.39, 0.29) is 12.4 Å². The van der Waals surface area contributed by atoms with Crippen molar-refractivity contribution in [3.63, 3.8) is 0 Å². The first-order chi connectivity index (χ1) is 5.07. The summed E-state index contributed by atoms with van der Waals surface area (Å²) < 4.78 is 4.18. The van der Waals surface area contributed by atoms with Crippen LogP contribution in [0.1, 0.15) is 6.92 Å². The van der Waals surface area contributed by atoms with E-state index in [1.165, 1.54) is 13.0 Å². The molecule has 0 amide bonds. The highest BCUT2D eigenvalue weighted by atomic mass is 16.7. The fourth-order valence-electron chi connectivity index (χ4n) is 0.512. The molecule has 0 heterocycles. The van der Waals surface area contributed by atoms with E-state index in [9.17, 15) is 9.59 Å². The molecule has 0 aromatic heterocycles. The molecule has 1 atom stereocenters. The number of carbonyl (C=O) groups excluding carboxylic acids is 1. The Morgan fingerprint density at radius 3 is 2.55 bits per heavy atom. The van der Waals surface area contributed by atoms with Gasteiger partial charge in [-0.05, 0) is 6.92 Å². The van der Waals surface area contributed by atoms with Gasteiger partial charge in [-0.2, -0.15) is 0 Å². The van der Waals surface area contributed by atoms with Crippen molar-refractivity contribution in [2.24, 2.45) is 5.92 Å². The molecule has 4 heteroatoms. The van der Waals surface area contributed by atoms with Gasteiger partial charge < -0.3 is 9.84 Å². The Labute approximate surface area is 64.5 Å². The quantitative estimate of drug-likeness (QED) is 0.491. The second kappa shape index (κ2) is 4.49. The summed E-state index contributed by atoms with van der Waals surface area (Å²) in [4.78, 5) is 20.5. The molecule has 0 saturated carbocycles. The lowest BCUT2D eigenvalue weighted by Gasteiger charge is -2.05. The van der Waals surface area contributed by atoms with Crippen LogP contribution in [0.25, 0.3) is 0 Å². The average molecular weight is 158 g/mol. The first-order valence-corrected chi connectivity index (χ1v) is 3.06. The van der Waals surface area contributed by atoms with E-state index in [4.69, 9.17) is 5.11 Å². The second-order valence-electron chi connectivity index (χ2n) is 2.03. The Morgan fingerprint density at radius 1 is 1.73 bits per heavy atom. The van der Waals surface area contributed by atoms with Crippen LogP contribution >= 0.6 is 0 Å². The molecular formula is C7H10O4. The summed E-state index contributed by atoms with van der Waals surface area (Å²) in [7, 11) is 0. The molecule has 1 N–H and O–H groups in total. The third kappa shape index (κ3) is 4.13. The molecule has 11 heavy (non-hydrogen) atoms. The number of ketones is 1. The van der Waals surface area contributed by atoms with Gasteiger partial charge in [0.15, 0.2) is 0 Å². The fourth-order valence-corrected chi connectivity index (χ4v) is 0.512. The molecule has 0 aliphatic heterocycles. The summed E-state index contributed by atoms with van der Waals surface area (Å²) in [5, 5.41) is 8.07. The molecular weight excluding hydrogens is 148 g/mol. The van der Waals surface area contributed by atoms with E-state index < -0.39 is 12.1 Å². The van der Waals surface area contributed by atoms with E-state index in [0.717, 1.165) is 0 Å². The Balaban J connectivity index is 3.79. The number of rotatable bonds is 4. The summed E-state index contributed by atoms with van der Waals surface area (Å²) in [6.45, 7) is 4.58. The minimum absolute atomic E-state index is 0.145. The summed E-state index contributed by atoms with van der Waals surface area (Å²) in [6, 6.07) is 0. The van der Waals surface area contributed by atoms with Crippen molar-refractivity contribution in [3.8, 4) is 0 Å². The van der Waals surface area contributed by atoms with Crippen molar-refractivity contribution in [1.29, 1.82) is 0 Å². The lowest BCUT2D eigenvalue weighted by Crippen LogP contribution is -2.17. The number of Topliss-reactive ketones (excluding diaryl/α,β-unsaturated/α-hetero) is 1. The average Bonchev–Trinajstić information content (AvgIpc) is 1.87. The SMILES string of the molecule is C=CC(COC(=O)O)C(C)=O. The zero-order chi connectivity index (χ0) is 8.85. The van der Waals surface area contributed by atoms with Crippen LogP contribution in [0.5, 0.6) is 0 Å². The van der Waals surface area contributed by atoms with Gasteiger partial charge >= 0.3 is 6.16 Å². The van der Waals surface area contributed by atoms with E-state index in [1.807, 2.05) is 0 Å². The van der Waals surface area contributed by atoms with Gasteiger partial charge in [-0.25, -0.2) is 4.79 Å². The minimum Gasteiger partial charge on any atom is -0.450 e. The van der Waals surface area contributed by atoms with Crippen molar-refractivity contribution in [2.45, 2.75) is 6.92 Å². The van der Waals surface area contributed by atoms with E-state index in [1.54, 1.807) is 0 Å². The lowest BCUT2D eigenvalue weighted by atomic mass is 10.1. The van der Waals surface area contributed by atoms with Gasteiger partial charge in [-0.3, -0.25) is 4.79 Å². The van der Waals surface area contributed by atoms with Gasteiger partial charge in [-0.1, -0.05) is 6.08 Å². The number of carbonyl (C=O) groups is 2. The van der Waals surface area contributed by atoms with Crippen LogP contribution in [-0.2, 0) is 9.53 Å². The van der Waals surface area contributed by atoms with Gasteiger partial charge in [0.05, 0.1) is 5.92 Å². The van der Waals surface area contributed by atoms with Crippen molar-refractivity contribution in [3.05, 3.63) is 12.7 Å².